The highest BCUT2D eigenvalue weighted by Gasteiger charge is 2.19. The molecule has 1 atom stereocenters. The van der Waals surface area contributed by atoms with Gasteiger partial charge in [0.2, 0.25) is 5.91 Å². The van der Waals surface area contributed by atoms with Crippen LogP contribution in [0.4, 0.5) is 5.69 Å². The molecular weight excluding hydrogens is 272 g/mol. The Morgan fingerprint density at radius 3 is 2.23 bits per heavy atom. The van der Waals surface area contributed by atoms with Gasteiger partial charge in [-0.3, -0.25) is 4.79 Å². The van der Waals surface area contributed by atoms with Crippen LogP contribution in [0.5, 0.6) is 0 Å². The van der Waals surface area contributed by atoms with Crippen molar-refractivity contribution in [2.24, 2.45) is 0 Å². The summed E-state index contributed by atoms with van der Waals surface area (Å²) in [5.74, 6) is 0.0196. The molecule has 0 aliphatic rings. The number of hydrogen-bond acceptors (Lipinski definition) is 2. The van der Waals surface area contributed by atoms with E-state index in [1.165, 1.54) is 0 Å². The van der Waals surface area contributed by atoms with E-state index in [-0.39, 0.29) is 11.9 Å². The van der Waals surface area contributed by atoms with E-state index in [1.54, 1.807) is 0 Å². The van der Waals surface area contributed by atoms with Gasteiger partial charge in [0.15, 0.2) is 0 Å². The molecule has 1 amide bonds. The van der Waals surface area contributed by atoms with Crippen molar-refractivity contribution >= 4 is 11.6 Å². The van der Waals surface area contributed by atoms with Gasteiger partial charge in [-0.1, -0.05) is 68.3 Å². The number of para-hydroxylation sites is 1. The average molecular weight is 296 g/mol. The number of carbonyl (C=O) groups is 1. The second kappa shape index (κ2) is 8.88. The van der Waals surface area contributed by atoms with Crippen molar-refractivity contribution in [1.82, 2.24) is 5.32 Å². The Bertz CT molecular complexity index is 554. The Labute approximate surface area is 132 Å². The van der Waals surface area contributed by atoms with Gasteiger partial charge in [0.05, 0.1) is 0 Å². The van der Waals surface area contributed by atoms with Gasteiger partial charge < -0.3 is 10.6 Å². The molecule has 0 saturated carbocycles. The number of nitrogens with one attached hydrogen (secondary N) is 2. The van der Waals surface area contributed by atoms with Crippen molar-refractivity contribution in [3.63, 3.8) is 0 Å². The van der Waals surface area contributed by atoms with Gasteiger partial charge >= 0.3 is 0 Å². The summed E-state index contributed by atoms with van der Waals surface area (Å²) in [5.41, 5.74) is 1.92. The first-order valence-electron chi connectivity index (χ1n) is 7.95. The van der Waals surface area contributed by atoms with Gasteiger partial charge in [-0.15, -0.1) is 0 Å². The summed E-state index contributed by atoms with van der Waals surface area (Å²) in [6.07, 6.45) is 3.32. The summed E-state index contributed by atoms with van der Waals surface area (Å²) in [6, 6.07) is 19.3. The molecule has 0 aliphatic carbocycles. The molecule has 1 unspecified atom stereocenters. The van der Waals surface area contributed by atoms with Crippen LogP contribution in [-0.4, -0.2) is 12.5 Å². The van der Waals surface area contributed by atoms with Crippen LogP contribution >= 0.6 is 0 Å². The van der Waals surface area contributed by atoms with Crippen molar-refractivity contribution < 1.29 is 4.79 Å². The fourth-order valence-corrected chi connectivity index (χ4v) is 2.34. The molecule has 0 heterocycles. The van der Waals surface area contributed by atoms with Crippen LogP contribution in [-0.2, 0) is 4.79 Å². The van der Waals surface area contributed by atoms with E-state index in [4.69, 9.17) is 0 Å². The summed E-state index contributed by atoms with van der Waals surface area (Å²) < 4.78 is 0. The number of amides is 1. The molecule has 2 aromatic rings. The van der Waals surface area contributed by atoms with E-state index in [0.29, 0.717) is 0 Å². The van der Waals surface area contributed by atoms with Crippen molar-refractivity contribution in [3.05, 3.63) is 66.2 Å². The third-order valence-electron chi connectivity index (χ3n) is 3.56. The van der Waals surface area contributed by atoms with Crippen LogP contribution in [0.1, 0.15) is 37.8 Å². The van der Waals surface area contributed by atoms with Gasteiger partial charge in [0.1, 0.15) is 6.04 Å². The SMILES string of the molecule is CCCCCNC(=O)C(Nc1ccccc1)c1ccccc1. The molecule has 2 aromatic carbocycles. The van der Waals surface area contributed by atoms with Gasteiger partial charge in [-0.2, -0.15) is 0 Å². The molecule has 3 heteroatoms. The fraction of sp³-hybridized carbons (Fsp3) is 0.316. The Hall–Kier alpha value is -2.29. The average Bonchev–Trinajstić information content (AvgIpc) is 2.58. The predicted octanol–water partition coefficient (Wildman–Crippen LogP) is 4.15. The molecule has 0 aliphatic heterocycles. The zero-order valence-electron chi connectivity index (χ0n) is 13.1. The number of anilines is 1. The molecule has 0 bridgehead atoms. The molecule has 0 saturated heterocycles. The summed E-state index contributed by atoms with van der Waals surface area (Å²) in [6.45, 7) is 2.89. The molecule has 0 fully saturated rings. The molecule has 3 nitrogen and oxygen atoms in total. The van der Waals surface area contributed by atoms with E-state index in [1.807, 2.05) is 60.7 Å². The minimum Gasteiger partial charge on any atom is -0.370 e. The van der Waals surface area contributed by atoms with Gasteiger partial charge in [0, 0.05) is 12.2 Å². The second-order valence-electron chi connectivity index (χ2n) is 5.35. The number of unbranched alkanes of at least 4 members (excludes halogenated alkanes) is 2. The van der Waals surface area contributed by atoms with Crippen molar-refractivity contribution in [3.8, 4) is 0 Å². The summed E-state index contributed by atoms with van der Waals surface area (Å²) in [7, 11) is 0. The molecule has 22 heavy (non-hydrogen) atoms. The van der Waals surface area contributed by atoms with Crippen LogP contribution in [0.2, 0.25) is 0 Å². The van der Waals surface area contributed by atoms with Crippen molar-refractivity contribution in [2.45, 2.75) is 32.2 Å². The summed E-state index contributed by atoms with van der Waals surface area (Å²) in [5, 5.41) is 6.36. The maximum atomic E-state index is 12.5. The topological polar surface area (TPSA) is 41.1 Å². The molecule has 0 aromatic heterocycles. The van der Waals surface area contributed by atoms with E-state index >= 15 is 0 Å². The third kappa shape index (κ3) is 4.92. The van der Waals surface area contributed by atoms with Crippen LogP contribution in [0.3, 0.4) is 0 Å². The smallest absolute Gasteiger partial charge is 0.247 e. The first-order valence-corrected chi connectivity index (χ1v) is 7.95. The zero-order valence-corrected chi connectivity index (χ0v) is 13.1. The normalized spacial score (nSPS) is 11.7. The predicted molar refractivity (Wildman–Crippen MR) is 91.8 cm³/mol. The Morgan fingerprint density at radius 1 is 0.955 bits per heavy atom. The van der Waals surface area contributed by atoms with Crippen LogP contribution < -0.4 is 10.6 Å². The van der Waals surface area contributed by atoms with Crippen molar-refractivity contribution in [2.75, 3.05) is 11.9 Å². The molecule has 0 radical (unpaired) electrons. The lowest BCUT2D eigenvalue weighted by molar-refractivity contribution is -0.121. The molecule has 116 valence electrons. The zero-order chi connectivity index (χ0) is 15.6. The minimum atomic E-state index is -0.370. The largest absolute Gasteiger partial charge is 0.370 e. The van der Waals surface area contributed by atoms with E-state index in [9.17, 15) is 4.79 Å². The lowest BCUT2D eigenvalue weighted by atomic mass is 10.1. The van der Waals surface area contributed by atoms with Gasteiger partial charge in [-0.05, 0) is 24.1 Å². The van der Waals surface area contributed by atoms with E-state index < -0.39 is 0 Å². The number of rotatable bonds is 8. The Balaban J connectivity index is 2.06. The minimum absolute atomic E-state index is 0.0196. The summed E-state index contributed by atoms with van der Waals surface area (Å²) >= 11 is 0. The maximum Gasteiger partial charge on any atom is 0.247 e. The quantitative estimate of drug-likeness (QED) is 0.719. The molecule has 2 rings (SSSR count). The number of benzene rings is 2. The highest BCUT2D eigenvalue weighted by atomic mass is 16.2. The lowest BCUT2D eigenvalue weighted by Gasteiger charge is -2.20. The second-order valence-corrected chi connectivity index (χ2v) is 5.35. The highest BCUT2D eigenvalue weighted by molar-refractivity contribution is 5.86. The van der Waals surface area contributed by atoms with Gasteiger partial charge in [-0.25, -0.2) is 0 Å². The molecular formula is C19H24N2O. The van der Waals surface area contributed by atoms with E-state index in [2.05, 4.69) is 17.6 Å². The molecule has 0 spiro atoms. The van der Waals surface area contributed by atoms with Gasteiger partial charge in [0.25, 0.3) is 0 Å². The first-order chi connectivity index (χ1) is 10.8. The van der Waals surface area contributed by atoms with Crippen LogP contribution in [0.15, 0.2) is 60.7 Å². The highest BCUT2D eigenvalue weighted by Crippen LogP contribution is 2.19. The van der Waals surface area contributed by atoms with E-state index in [0.717, 1.165) is 37.1 Å². The number of hydrogen-bond donors (Lipinski definition) is 2. The first kappa shape index (κ1) is 16.1. The number of carbonyl (C=O) groups excluding carboxylic acids is 1. The van der Waals surface area contributed by atoms with Crippen LogP contribution in [0.25, 0.3) is 0 Å². The fourth-order valence-electron chi connectivity index (χ4n) is 2.34. The monoisotopic (exact) mass is 296 g/mol. The Kier molecular flexibility index (Phi) is 6.49. The Morgan fingerprint density at radius 2 is 1.59 bits per heavy atom. The maximum absolute atomic E-state index is 12.5. The van der Waals surface area contributed by atoms with Crippen LogP contribution in [0, 0.1) is 0 Å². The standard InChI is InChI=1S/C19H24N2O/c1-2-3-10-15-20-19(22)18(16-11-6-4-7-12-16)21-17-13-8-5-9-14-17/h4-9,11-14,18,21H,2-3,10,15H2,1H3,(H,20,22). The molecule has 2 N–H and O–H groups in total. The summed E-state index contributed by atoms with van der Waals surface area (Å²) in [4.78, 5) is 12.5. The third-order valence-corrected chi connectivity index (χ3v) is 3.56. The van der Waals surface area contributed by atoms with Crippen molar-refractivity contribution in [1.29, 1.82) is 0 Å². The lowest BCUT2D eigenvalue weighted by Crippen LogP contribution is -2.34.